The Labute approximate surface area is 205 Å². The van der Waals surface area contributed by atoms with Gasteiger partial charge in [0.05, 0.1) is 16.1 Å². The number of rotatable bonds is 4. The molecule has 2 saturated heterocycles. The number of amides is 2. The van der Waals surface area contributed by atoms with Crippen LogP contribution in [0.15, 0.2) is 21.1 Å². The molecule has 1 aromatic rings. The van der Waals surface area contributed by atoms with Crippen molar-refractivity contribution in [1.82, 2.24) is 9.80 Å². The summed E-state index contributed by atoms with van der Waals surface area (Å²) in [5, 5.41) is 9.88. The molecule has 176 valence electrons. The van der Waals surface area contributed by atoms with Crippen molar-refractivity contribution in [2.24, 2.45) is 17.8 Å². The summed E-state index contributed by atoms with van der Waals surface area (Å²) in [4.78, 5) is 40.0. The Morgan fingerprint density at radius 1 is 1.00 bits per heavy atom. The maximum atomic E-state index is 13.0. The number of phenolic OH excluding ortho intramolecular Hbond substituents is 1. The van der Waals surface area contributed by atoms with Gasteiger partial charge < -0.3 is 19.6 Å². The number of aromatic hydroxyl groups is 1. The molecule has 32 heavy (non-hydrogen) atoms. The molecule has 0 aliphatic carbocycles. The number of halogens is 2. The van der Waals surface area contributed by atoms with Gasteiger partial charge in [-0.15, -0.1) is 0 Å². The van der Waals surface area contributed by atoms with Crippen LogP contribution in [0.5, 0.6) is 5.75 Å². The number of carbonyl (C=O) groups excluding carboxylic acids is 3. The molecule has 0 aromatic heterocycles. The van der Waals surface area contributed by atoms with Crippen LogP contribution in [0.1, 0.15) is 38.2 Å². The van der Waals surface area contributed by atoms with Gasteiger partial charge in [0.2, 0.25) is 5.91 Å². The maximum absolute atomic E-state index is 13.0. The molecule has 2 amide bonds. The number of carbonyl (C=O) groups is 3. The molecular weight excluding hydrogens is 544 g/mol. The fraction of sp³-hybridized carbons (Fsp3) is 0.609. The summed E-state index contributed by atoms with van der Waals surface area (Å²) in [5.74, 6) is -0.0729. The van der Waals surface area contributed by atoms with E-state index in [4.69, 9.17) is 0 Å². The van der Waals surface area contributed by atoms with E-state index in [9.17, 15) is 19.5 Å². The number of benzene rings is 1. The highest BCUT2D eigenvalue weighted by Crippen LogP contribution is 2.35. The minimum atomic E-state index is -0.795. The smallest absolute Gasteiger partial charge is 0.396 e. The van der Waals surface area contributed by atoms with Gasteiger partial charge in [0.15, 0.2) is 0 Å². The monoisotopic (exact) mass is 572 g/mol. The fourth-order valence-electron chi connectivity index (χ4n) is 4.87. The van der Waals surface area contributed by atoms with Crippen LogP contribution >= 0.6 is 31.9 Å². The molecule has 2 heterocycles. The summed E-state index contributed by atoms with van der Waals surface area (Å²) >= 11 is 6.69. The normalized spacial score (nSPS) is 19.0. The Balaban J connectivity index is 1.47. The molecule has 0 bridgehead atoms. The highest BCUT2D eigenvalue weighted by molar-refractivity contribution is 9.11. The van der Waals surface area contributed by atoms with Gasteiger partial charge in [-0.2, -0.15) is 0 Å². The van der Waals surface area contributed by atoms with Crippen molar-refractivity contribution in [3.8, 4) is 5.75 Å². The summed E-state index contributed by atoms with van der Waals surface area (Å²) in [7, 11) is 1.23. The van der Waals surface area contributed by atoms with E-state index in [2.05, 4.69) is 36.6 Å². The lowest BCUT2D eigenvalue weighted by Crippen LogP contribution is -2.46. The first kappa shape index (κ1) is 25.0. The summed E-state index contributed by atoms with van der Waals surface area (Å²) in [6.07, 6.45) is 4.35. The topological polar surface area (TPSA) is 87.2 Å². The fourth-order valence-corrected chi connectivity index (χ4v) is 6.15. The minimum Gasteiger partial charge on any atom is -0.506 e. The van der Waals surface area contributed by atoms with Crippen LogP contribution < -0.4 is 0 Å². The SMILES string of the molecule is COC(=O)C(=O)N1CCC(C2CCN(C(=O)[C@H](C)Cc3cc(Br)c(O)c(Br)c3)CC2)CC1. The Kier molecular flexibility index (Phi) is 8.61. The second-order valence-electron chi connectivity index (χ2n) is 8.80. The quantitative estimate of drug-likeness (QED) is 0.438. The highest BCUT2D eigenvalue weighted by Gasteiger charge is 2.34. The predicted molar refractivity (Wildman–Crippen MR) is 127 cm³/mol. The summed E-state index contributed by atoms with van der Waals surface area (Å²) in [6.45, 7) is 4.66. The molecule has 1 aromatic carbocycles. The van der Waals surface area contributed by atoms with Crippen molar-refractivity contribution in [3.05, 3.63) is 26.6 Å². The van der Waals surface area contributed by atoms with Gasteiger partial charge in [0.1, 0.15) is 5.75 Å². The molecule has 7 nitrogen and oxygen atoms in total. The first-order chi connectivity index (χ1) is 15.2. The van der Waals surface area contributed by atoms with Crippen molar-refractivity contribution in [3.63, 3.8) is 0 Å². The Morgan fingerprint density at radius 3 is 1.94 bits per heavy atom. The molecule has 0 unspecified atom stereocenters. The van der Waals surface area contributed by atoms with Gasteiger partial charge in [0.25, 0.3) is 0 Å². The van der Waals surface area contributed by atoms with Crippen LogP contribution in [-0.2, 0) is 25.5 Å². The van der Waals surface area contributed by atoms with Gasteiger partial charge in [-0.3, -0.25) is 9.59 Å². The van der Waals surface area contributed by atoms with E-state index < -0.39 is 11.9 Å². The number of methoxy groups -OCH3 is 1. The van der Waals surface area contributed by atoms with E-state index in [0.717, 1.165) is 44.3 Å². The number of phenols is 1. The molecular formula is C23H30Br2N2O5. The van der Waals surface area contributed by atoms with Crippen LogP contribution in [0.3, 0.4) is 0 Å². The predicted octanol–water partition coefficient (Wildman–Crippen LogP) is 3.75. The summed E-state index contributed by atoms with van der Waals surface area (Å²) in [6, 6.07) is 3.71. The Bertz CT molecular complexity index is 839. The van der Waals surface area contributed by atoms with E-state index in [0.29, 0.717) is 40.3 Å². The lowest BCUT2D eigenvalue weighted by Gasteiger charge is -2.40. The molecule has 9 heteroatoms. The minimum absolute atomic E-state index is 0.137. The number of esters is 1. The molecule has 3 rings (SSSR count). The first-order valence-electron chi connectivity index (χ1n) is 11.0. The second-order valence-corrected chi connectivity index (χ2v) is 10.5. The summed E-state index contributed by atoms with van der Waals surface area (Å²) in [5.41, 5.74) is 0.991. The van der Waals surface area contributed by atoms with Crippen molar-refractivity contribution in [2.75, 3.05) is 33.3 Å². The molecule has 0 saturated carbocycles. The second kappa shape index (κ2) is 11.0. The number of hydrogen-bond donors (Lipinski definition) is 1. The van der Waals surface area contributed by atoms with Crippen LogP contribution in [-0.4, -0.2) is 66.0 Å². The van der Waals surface area contributed by atoms with Gasteiger partial charge >= 0.3 is 11.9 Å². The Morgan fingerprint density at radius 2 is 1.47 bits per heavy atom. The standard InChI is InChI=1S/C23H30Br2N2O5/c1-14(11-15-12-18(24)20(28)19(25)13-15)21(29)26-7-3-16(4-8-26)17-5-9-27(10-6-17)22(30)23(31)32-2/h12-14,16-17,28H,3-11H2,1-2H3/t14-/m1/s1. The lowest BCUT2D eigenvalue weighted by molar-refractivity contribution is -0.159. The molecule has 2 aliphatic rings. The third kappa shape index (κ3) is 5.84. The number of hydrogen-bond acceptors (Lipinski definition) is 5. The number of nitrogens with zero attached hydrogens (tertiary/aromatic N) is 2. The molecule has 1 atom stereocenters. The van der Waals surface area contributed by atoms with Crippen LogP contribution in [0.25, 0.3) is 0 Å². The molecule has 2 fully saturated rings. The molecule has 0 radical (unpaired) electrons. The van der Waals surface area contributed by atoms with Gasteiger partial charge in [-0.25, -0.2) is 4.79 Å². The summed E-state index contributed by atoms with van der Waals surface area (Å²) < 4.78 is 5.76. The van der Waals surface area contributed by atoms with E-state index in [1.54, 1.807) is 4.90 Å². The third-order valence-corrected chi connectivity index (χ3v) is 7.95. The van der Waals surface area contributed by atoms with E-state index in [-0.39, 0.29) is 17.6 Å². The van der Waals surface area contributed by atoms with Gasteiger partial charge in [-0.05, 0) is 93.5 Å². The van der Waals surface area contributed by atoms with Gasteiger partial charge in [-0.1, -0.05) is 6.92 Å². The van der Waals surface area contributed by atoms with Crippen molar-refractivity contribution < 1.29 is 24.2 Å². The van der Waals surface area contributed by atoms with Gasteiger partial charge in [0, 0.05) is 32.1 Å². The van der Waals surface area contributed by atoms with Crippen LogP contribution in [0.4, 0.5) is 0 Å². The van der Waals surface area contributed by atoms with Crippen molar-refractivity contribution in [1.29, 1.82) is 0 Å². The zero-order valence-corrected chi connectivity index (χ0v) is 21.7. The first-order valence-corrected chi connectivity index (χ1v) is 12.6. The third-order valence-electron chi connectivity index (χ3n) is 6.74. The zero-order valence-electron chi connectivity index (χ0n) is 18.5. The molecule has 1 N–H and O–H groups in total. The average Bonchev–Trinajstić information content (AvgIpc) is 2.81. The van der Waals surface area contributed by atoms with E-state index >= 15 is 0 Å². The van der Waals surface area contributed by atoms with Crippen LogP contribution in [0, 0.1) is 17.8 Å². The van der Waals surface area contributed by atoms with Crippen molar-refractivity contribution >= 4 is 49.6 Å². The van der Waals surface area contributed by atoms with E-state index in [1.165, 1.54) is 7.11 Å². The Hall–Kier alpha value is -1.61. The largest absolute Gasteiger partial charge is 0.506 e. The van der Waals surface area contributed by atoms with E-state index in [1.807, 2.05) is 24.0 Å². The molecule has 2 aliphatic heterocycles. The average molecular weight is 574 g/mol. The number of likely N-dealkylation sites (tertiary alicyclic amines) is 2. The lowest BCUT2D eigenvalue weighted by atomic mass is 9.78. The van der Waals surface area contributed by atoms with Crippen LogP contribution in [0.2, 0.25) is 0 Å². The number of ether oxygens (including phenoxy) is 1. The zero-order chi connectivity index (χ0) is 23.4. The van der Waals surface area contributed by atoms with Crippen molar-refractivity contribution in [2.45, 2.75) is 39.0 Å². The number of piperidine rings is 2. The molecule has 0 spiro atoms. The maximum Gasteiger partial charge on any atom is 0.396 e. The highest BCUT2D eigenvalue weighted by atomic mass is 79.9.